The van der Waals surface area contributed by atoms with Crippen LogP contribution in [-0.2, 0) is 0 Å². The van der Waals surface area contributed by atoms with Gasteiger partial charge in [0.25, 0.3) is 5.56 Å². The molecule has 0 unspecified atom stereocenters. The maximum atomic E-state index is 12.4. The number of benzene rings is 3. The fourth-order valence-electron chi connectivity index (χ4n) is 3.30. The van der Waals surface area contributed by atoms with E-state index < -0.39 is 0 Å². The molecule has 29 heavy (non-hydrogen) atoms. The van der Waals surface area contributed by atoms with E-state index in [1.165, 1.54) is 0 Å². The average molecular weight is 397 g/mol. The van der Waals surface area contributed by atoms with E-state index in [0.29, 0.717) is 27.7 Å². The molecule has 0 saturated heterocycles. The van der Waals surface area contributed by atoms with Gasteiger partial charge in [-0.05, 0) is 36.4 Å². The summed E-state index contributed by atoms with van der Waals surface area (Å²) >= 11 is 5.54. The zero-order valence-corrected chi connectivity index (χ0v) is 16.0. The number of hydrogen-bond donors (Lipinski definition) is 2. The molecule has 140 valence electrons. The number of anilines is 1. The first kappa shape index (κ1) is 17.3. The number of hydrogen-bond acceptors (Lipinski definition) is 4. The van der Waals surface area contributed by atoms with E-state index in [0.717, 1.165) is 16.7 Å². The van der Waals surface area contributed by atoms with E-state index >= 15 is 0 Å². The molecule has 2 heterocycles. The summed E-state index contributed by atoms with van der Waals surface area (Å²) in [4.78, 5) is 24.6. The zero-order valence-electron chi connectivity index (χ0n) is 15.2. The quantitative estimate of drug-likeness (QED) is 0.449. The molecule has 5 aromatic rings. The summed E-state index contributed by atoms with van der Waals surface area (Å²) in [7, 11) is 0. The van der Waals surface area contributed by atoms with E-state index in [2.05, 4.69) is 20.3 Å². The molecule has 0 bridgehead atoms. The van der Waals surface area contributed by atoms with Gasteiger partial charge in [-0.1, -0.05) is 54.7 Å². The molecule has 0 spiro atoms. The summed E-state index contributed by atoms with van der Waals surface area (Å²) in [6.07, 6.45) is 0. The second kappa shape index (κ2) is 6.96. The maximum absolute atomic E-state index is 12.4. The lowest BCUT2D eigenvalue weighted by Gasteiger charge is -2.11. The van der Waals surface area contributed by atoms with Gasteiger partial charge in [-0.3, -0.25) is 9.36 Å². The first-order valence-electron chi connectivity index (χ1n) is 9.04. The molecule has 0 aliphatic carbocycles. The first-order chi connectivity index (χ1) is 14.2. The second-order valence-corrected chi connectivity index (χ2v) is 6.89. The molecule has 5 rings (SSSR count). The van der Waals surface area contributed by atoms with Crippen molar-refractivity contribution in [2.24, 2.45) is 0 Å². The SMILES string of the molecule is O=c1[nH]c(C(=S)Nc2nc3ccccc3n2-c2ccccc2)nc2ccccc12. The number of aromatic amines is 1. The van der Waals surface area contributed by atoms with Gasteiger partial charge in [-0.2, -0.15) is 0 Å². The van der Waals surface area contributed by atoms with Gasteiger partial charge in [0, 0.05) is 5.69 Å². The van der Waals surface area contributed by atoms with Crippen molar-refractivity contribution >= 4 is 45.1 Å². The highest BCUT2D eigenvalue weighted by molar-refractivity contribution is 7.81. The lowest BCUT2D eigenvalue weighted by molar-refractivity contribution is 1.09. The minimum atomic E-state index is -0.230. The monoisotopic (exact) mass is 397 g/mol. The van der Waals surface area contributed by atoms with Gasteiger partial charge < -0.3 is 10.3 Å². The van der Waals surface area contributed by atoms with E-state index in [-0.39, 0.29) is 5.56 Å². The molecule has 0 aliphatic rings. The molecule has 0 saturated carbocycles. The Morgan fingerprint density at radius 1 is 0.862 bits per heavy atom. The zero-order chi connectivity index (χ0) is 19.8. The smallest absolute Gasteiger partial charge is 0.259 e. The highest BCUT2D eigenvalue weighted by Crippen LogP contribution is 2.24. The highest BCUT2D eigenvalue weighted by Gasteiger charge is 2.15. The molecule has 2 N–H and O–H groups in total. The van der Waals surface area contributed by atoms with Crippen molar-refractivity contribution in [3.8, 4) is 5.69 Å². The Morgan fingerprint density at radius 3 is 2.38 bits per heavy atom. The molecular formula is C22H15N5OS. The summed E-state index contributed by atoms with van der Waals surface area (Å²) in [6, 6.07) is 24.9. The Balaban J connectivity index is 1.61. The standard InChI is InChI=1S/C22H15N5OS/c28-20-15-10-4-5-11-16(15)23-19(25-20)21(29)26-22-24-17-12-6-7-13-18(17)27(22)14-8-2-1-3-9-14/h1-13H,(H,23,25,28)(H,24,26,29). The van der Waals surface area contributed by atoms with Gasteiger partial charge in [0.2, 0.25) is 5.95 Å². The van der Waals surface area contributed by atoms with Crippen LogP contribution < -0.4 is 10.9 Å². The average Bonchev–Trinajstić information content (AvgIpc) is 3.12. The van der Waals surface area contributed by atoms with Gasteiger partial charge in [-0.25, -0.2) is 9.97 Å². The largest absolute Gasteiger partial charge is 0.313 e. The Kier molecular flexibility index (Phi) is 4.14. The van der Waals surface area contributed by atoms with Gasteiger partial charge in [-0.15, -0.1) is 0 Å². The summed E-state index contributed by atoms with van der Waals surface area (Å²) < 4.78 is 1.99. The Hall–Kier alpha value is -3.84. The molecule has 6 nitrogen and oxygen atoms in total. The Labute approximate surface area is 170 Å². The van der Waals surface area contributed by atoms with E-state index in [1.54, 1.807) is 18.2 Å². The fourth-order valence-corrected chi connectivity index (χ4v) is 3.49. The molecule has 2 aromatic heterocycles. The van der Waals surface area contributed by atoms with Crippen LogP contribution in [0, 0.1) is 0 Å². The topological polar surface area (TPSA) is 75.6 Å². The van der Waals surface area contributed by atoms with Crippen molar-refractivity contribution in [1.82, 2.24) is 19.5 Å². The van der Waals surface area contributed by atoms with Crippen molar-refractivity contribution < 1.29 is 0 Å². The molecule has 0 aliphatic heterocycles. The first-order valence-corrected chi connectivity index (χ1v) is 9.45. The molecular weight excluding hydrogens is 382 g/mol. The van der Waals surface area contributed by atoms with Gasteiger partial charge >= 0.3 is 0 Å². The predicted molar refractivity (Wildman–Crippen MR) is 119 cm³/mol. The van der Waals surface area contributed by atoms with Crippen LogP contribution in [0.25, 0.3) is 27.6 Å². The minimum absolute atomic E-state index is 0.230. The van der Waals surface area contributed by atoms with Crippen LogP contribution in [0.5, 0.6) is 0 Å². The van der Waals surface area contributed by atoms with Crippen LogP contribution in [0.2, 0.25) is 0 Å². The number of rotatable bonds is 3. The van der Waals surface area contributed by atoms with Gasteiger partial charge in [0.05, 0.1) is 21.9 Å². The predicted octanol–water partition coefficient (Wildman–Crippen LogP) is 4.05. The summed E-state index contributed by atoms with van der Waals surface area (Å²) in [5, 5.41) is 3.68. The highest BCUT2D eigenvalue weighted by atomic mass is 32.1. The van der Waals surface area contributed by atoms with Gasteiger partial charge in [0.1, 0.15) is 4.99 Å². The van der Waals surface area contributed by atoms with Crippen LogP contribution in [0.3, 0.4) is 0 Å². The number of thiocarbonyl (C=S) groups is 1. The molecule has 0 amide bonds. The minimum Gasteiger partial charge on any atom is -0.313 e. The molecule has 0 radical (unpaired) electrons. The van der Waals surface area contributed by atoms with Crippen LogP contribution in [-0.4, -0.2) is 24.5 Å². The number of nitrogens with one attached hydrogen (secondary N) is 2. The third-order valence-electron chi connectivity index (χ3n) is 4.63. The summed E-state index contributed by atoms with van der Waals surface area (Å²) in [5.74, 6) is 0.855. The molecule has 7 heteroatoms. The maximum Gasteiger partial charge on any atom is 0.259 e. The van der Waals surface area contributed by atoms with E-state index in [4.69, 9.17) is 12.2 Å². The van der Waals surface area contributed by atoms with Crippen molar-refractivity contribution in [3.05, 3.63) is 95.0 Å². The third-order valence-corrected chi connectivity index (χ3v) is 4.92. The van der Waals surface area contributed by atoms with Crippen LogP contribution in [0.4, 0.5) is 5.95 Å². The Morgan fingerprint density at radius 2 is 1.55 bits per heavy atom. The lowest BCUT2D eigenvalue weighted by Crippen LogP contribution is -2.21. The fraction of sp³-hybridized carbons (Fsp3) is 0. The van der Waals surface area contributed by atoms with Crippen LogP contribution in [0.1, 0.15) is 5.82 Å². The number of para-hydroxylation sites is 4. The number of fused-ring (bicyclic) bond motifs is 2. The molecule has 3 aromatic carbocycles. The van der Waals surface area contributed by atoms with Crippen molar-refractivity contribution in [2.75, 3.05) is 5.32 Å². The lowest BCUT2D eigenvalue weighted by atomic mass is 10.2. The number of nitrogens with zero attached hydrogens (tertiary/aromatic N) is 3. The van der Waals surface area contributed by atoms with Crippen LogP contribution in [0.15, 0.2) is 83.7 Å². The van der Waals surface area contributed by atoms with Gasteiger partial charge in [0.15, 0.2) is 5.82 Å². The summed E-state index contributed by atoms with van der Waals surface area (Å²) in [6.45, 7) is 0. The van der Waals surface area contributed by atoms with E-state index in [1.807, 2.05) is 65.2 Å². The molecule has 0 atom stereocenters. The van der Waals surface area contributed by atoms with E-state index in [9.17, 15) is 4.79 Å². The third kappa shape index (κ3) is 3.07. The van der Waals surface area contributed by atoms with Crippen LogP contribution >= 0.6 is 12.2 Å². The van der Waals surface area contributed by atoms with Crippen molar-refractivity contribution in [2.45, 2.75) is 0 Å². The number of H-pyrrole nitrogens is 1. The number of imidazole rings is 1. The Bertz CT molecular complexity index is 1420. The summed E-state index contributed by atoms with van der Waals surface area (Å²) in [5.41, 5.74) is 3.09. The normalized spacial score (nSPS) is 11.0. The number of aromatic nitrogens is 4. The van der Waals surface area contributed by atoms with Crippen molar-refractivity contribution in [1.29, 1.82) is 0 Å². The second-order valence-electron chi connectivity index (χ2n) is 6.48. The van der Waals surface area contributed by atoms with Crippen molar-refractivity contribution in [3.63, 3.8) is 0 Å². The molecule has 0 fully saturated rings.